The zero-order valence-electron chi connectivity index (χ0n) is 12.3. The van der Waals surface area contributed by atoms with Crippen molar-refractivity contribution >= 4 is 11.8 Å². The minimum atomic E-state index is -0.189. The summed E-state index contributed by atoms with van der Waals surface area (Å²) in [7, 11) is 1.87. The summed E-state index contributed by atoms with van der Waals surface area (Å²) in [6.45, 7) is 1.32. The van der Waals surface area contributed by atoms with Crippen molar-refractivity contribution in [3.63, 3.8) is 0 Å². The van der Waals surface area contributed by atoms with Gasteiger partial charge in [-0.1, -0.05) is 0 Å². The Bertz CT molecular complexity index is 544. The molecule has 2 aliphatic heterocycles. The van der Waals surface area contributed by atoms with E-state index in [-0.39, 0.29) is 17.4 Å². The van der Waals surface area contributed by atoms with Crippen LogP contribution in [0.5, 0.6) is 0 Å². The highest BCUT2D eigenvalue weighted by atomic mass is 16.2. The molecule has 2 fully saturated rings. The Labute approximate surface area is 124 Å². The molecule has 2 amide bonds. The second-order valence-corrected chi connectivity index (χ2v) is 5.95. The van der Waals surface area contributed by atoms with E-state index in [2.05, 4.69) is 9.97 Å². The highest BCUT2D eigenvalue weighted by molar-refractivity contribution is 5.92. The number of amides is 2. The van der Waals surface area contributed by atoms with Crippen LogP contribution in [0.2, 0.25) is 0 Å². The van der Waals surface area contributed by atoms with Gasteiger partial charge in [-0.3, -0.25) is 14.6 Å². The van der Waals surface area contributed by atoms with Crippen molar-refractivity contribution in [1.82, 2.24) is 19.8 Å². The quantitative estimate of drug-likeness (QED) is 0.776. The first kappa shape index (κ1) is 14.0. The van der Waals surface area contributed by atoms with E-state index < -0.39 is 0 Å². The van der Waals surface area contributed by atoms with Crippen molar-refractivity contribution in [3.8, 4) is 0 Å². The third kappa shape index (κ3) is 2.50. The summed E-state index contributed by atoms with van der Waals surface area (Å²) in [5.74, 6) is 0.101. The fraction of sp³-hybridized carbons (Fsp3) is 0.600. The summed E-state index contributed by atoms with van der Waals surface area (Å²) in [4.78, 5) is 36.3. The van der Waals surface area contributed by atoms with Gasteiger partial charge in [0.05, 0.1) is 11.7 Å². The van der Waals surface area contributed by atoms with Crippen LogP contribution >= 0.6 is 0 Å². The Hall–Kier alpha value is -1.98. The van der Waals surface area contributed by atoms with E-state index in [0.29, 0.717) is 18.7 Å². The van der Waals surface area contributed by atoms with Crippen LogP contribution in [0.25, 0.3) is 0 Å². The molecule has 6 nitrogen and oxygen atoms in total. The van der Waals surface area contributed by atoms with Crippen LogP contribution < -0.4 is 0 Å². The van der Waals surface area contributed by atoms with Crippen LogP contribution in [0.3, 0.4) is 0 Å². The molecular weight excluding hydrogens is 268 g/mol. The van der Waals surface area contributed by atoms with Crippen LogP contribution in [-0.4, -0.2) is 57.3 Å². The van der Waals surface area contributed by atoms with Gasteiger partial charge in [-0.05, 0) is 25.7 Å². The van der Waals surface area contributed by atoms with Crippen molar-refractivity contribution < 1.29 is 9.59 Å². The molecule has 21 heavy (non-hydrogen) atoms. The van der Waals surface area contributed by atoms with E-state index in [1.54, 1.807) is 6.20 Å². The average Bonchev–Trinajstić information content (AvgIpc) is 2.53. The second-order valence-electron chi connectivity index (χ2n) is 5.95. The van der Waals surface area contributed by atoms with Gasteiger partial charge in [0.1, 0.15) is 5.69 Å². The normalized spacial score (nSPS) is 26.2. The van der Waals surface area contributed by atoms with Crippen molar-refractivity contribution in [1.29, 1.82) is 0 Å². The van der Waals surface area contributed by atoms with Gasteiger partial charge in [-0.15, -0.1) is 0 Å². The van der Waals surface area contributed by atoms with Crippen LogP contribution in [0.4, 0.5) is 0 Å². The first-order valence-electron chi connectivity index (χ1n) is 7.44. The number of aromatic nitrogens is 2. The summed E-state index contributed by atoms with van der Waals surface area (Å²) >= 11 is 0. The molecule has 0 N–H and O–H groups in total. The number of rotatable bonds is 1. The molecule has 1 atom stereocenters. The Kier molecular flexibility index (Phi) is 3.61. The fourth-order valence-corrected chi connectivity index (χ4v) is 3.50. The van der Waals surface area contributed by atoms with Gasteiger partial charge < -0.3 is 9.80 Å². The maximum absolute atomic E-state index is 12.5. The van der Waals surface area contributed by atoms with Gasteiger partial charge in [0.15, 0.2) is 0 Å². The lowest BCUT2D eigenvalue weighted by Gasteiger charge is -2.50. The highest BCUT2D eigenvalue weighted by Crippen LogP contribution is 2.35. The topological polar surface area (TPSA) is 66.4 Å². The Morgan fingerprint density at radius 2 is 2.10 bits per heavy atom. The minimum Gasteiger partial charge on any atom is -0.338 e. The Balaban J connectivity index is 1.80. The maximum atomic E-state index is 12.5. The van der Waals surface area contributed by atoms with Gasteiger partial charge in [0, 0.05) is 39.0 Å². The molecule has 0 unspecified atom stereocenters. The number of likely N-dealkylation sites (N-methyl/N-ethyl adjacent to an activating group) is 1. The third-order valence-corrected chi connectivity index (χ3v) is 4.74. The SMILES string of the molecule is CN1C(=O)CCC[C@@]12CCCN(C(=O)c1cnccn1)C2. The Morgan fingerprint density at radius 3 is 2.86 bits per heavy atom. The van der Waals surface area contributed by atoms with E-state index in [0.717, 1.165) is 32.2 Å². The fourth-order valence-electron chi connectivity index (χ4n) is 3.50. The van der Waals surface area contributed by atoms with E-state index in [1.165, 1.54) is 12.4 Å². The summed E-state index contributed by atoms with van der Waals surface area (Å²) in [6.07, 6.45) is 8.99. The monoisotopic (exact) mass is 288 g/mol. The van der Waals surface area contributed by atoms with Gasteiger partial charge >= 0.3 is 0 Å². The smallest absolute Gasteiger partial charge is 0.274 e. The van der Waals surface area contributed by atoms with E-state index in [9.17, 15) is 9.59 Å². The molecule has 2 saturated heterocycles. The van der Waals surface area contributed by atoms with Crippen molar-refractivity contribution in [3.05, 3.63) is 24.3 Å². The van der Waals surface area contributed by atoms with Crippen LogP contribution in [0.1, 0.15) is 42.6 Å². The molecule has 1 spiro atoms. The van der Waals surface area contributed by atoms with E-state index >= 15 is 0 Å². The lowest BCUT2D eigenvalue weighted by Crippen LogP contribution is -2.61. The van der Waals surface area contributed by atoms with Gasteiger partial charge in [-0.25, -0.2) is 4.98 Å². The van der Waals surface area contributed by atoms with Crippen molar-refractivity contribution in [2.24, 2.45) is 0 Å². The van der Waals surface area contributed by atoms with Crippen LogP contribution in [0.15, 0.2) is 18.6 Å². The molecule has 0 aromatic carbocycles. The number of hydrogen-bond acceptors (Lipinski definition) is 4. The molecule has 112 valence electrons. The summed E-state index contributed by atoms with van der Waals surface area (Å²) < 4.78 is 0. The number of carbonyl (C=O) groups excluding carboxylic acids is 2. The molecule has 1 aromatic rings. The maximum Gasteiger partial charge on any atom is 0.274 e. The van der Waals surface area contributed by atoms with Crippen molar-refractivity contribution in [2.75, 3.05) is 20.1 Å². The van der Waals surface area contributed by atoms with Gasteiger partial charge in [0.25, 0.3) is 5.91 Å². The van der Waals surface area contributed by atoms with Crippen molar-refractivity contribution in [2.45, 2.75) is 37.6 Å². The largest absolute Gasteiger partial charge is 0.338 e. The molecular formula is C15H20N4O2. The second kappa shape index (κ2) is 5.42. The number of nitrogens with zero attached hydrogens (tertiary/aromatic N) is 4. The van der Waals surface area contributed by atoms with E-state index in [4.69, 9.17) is 0 Å². The standard InChI is InChI=1S/C15H20N4O2/c1-18-13(20)4-2-5-15(18)6-3-9-19(11-15)14(21)12-10-16-7-8-17-12/h7-8,10H,2-6,9,11H2,1H3/t15-/m0/s1. The van der Waals surface area contributed by atoms with Crippen LogP contribution in [-0.2, 0) is 4.79 Å². The number of piperidine rings is 2. The summed E-state index contributed by atoms with van der Waals surface area (Å²) in [6, 6.07) is 0. The predicted molar refractivity (Wildman–Crippen MR) is 76.5 cm³/mol. The molecule has 6 heteroatoms. The Morgan fingerprint density at radius 1 is 1.29 bits per heavy atom. The number of carbonyl (C=O) groups is 2. The average molecular weight is 288 g/mol. The molecule has 3 rings (SSSR count). The summed E-state index contributed by atoms with van der Waals surface area (Å²) in [5, 5.41) is 0. The molecule has 0 radical (unpaired) electrons. The van der Waals surface area contributed by atoms with E-state index in [1.807, 2.05) is 16.8 Å². The van der Waals surface area contributed by atoms with Gasteiger partial charge in [-0.2, -0.15) is 0 Å². The zero-order valence-corrected chi connectivity index (χ0v) is 12.3. The number of likely N-dealkylation sites (tertiary alicyclic amines) is 2. The lowest BCUT2D eigenvalue weighted by molar-refractivity contribution is -0.142. The zero-order chi connectivity index (χ0) is 14.9. The predicted octanol–water partition coefficient (Wildman–Crippen LogP) is 1.09. The lowest BCUT2D eigenvalue weighted by atomic mass is 9.80. The molecule has 2 aliphatic rings. The number of hydrogen-bond donors (Lipinski definition) is 0. The molecule has 0 bridgehead atoms. The highest BCUT2D eigenvalue weighted by Gasteiger charge is 2.44. The van der Waals surface area contributed by atoms with Gasteiger partial charge in [0.2, 0.25) is 5.91 Å². The third-order valence-electron chi connectivity index (χ3n) is 4.74. The molecule has 3 heterocycles. The first-order valence-corrected chi connectivity index (χ1v) is 7.44. The molecule has 1 aromatic heterocycles. The first-order chi connectivity index (χ1) is 10.1. The summed E-state index contributed by atoms with van der Waals surface area (Å²) in [5.41, 5.74) is 0.185. The van der Waals surface area contributed by atoms with Crippen LogP contribution in [0, 0.1) is 0 Å². The molecule has 0 aliphatic carbocycles. The molecule has 0 saturated carbocycles. The minimum absolute atomic E-state index is 0.0893.